The van der Waals surface area contributed by atoms with Crippen molar-refractivity contribution >= 4 is 5.69 Å². The Morgan fingerprint density at radius 1 is 1.07 bits per heavy atom. The van der Waals surface area contributed by atoms with Gasteiger partial charge in [0.25, 0.3) is 0 Å². The topological polar surface area (TPSA) is 51.8 Å². The zero-order valence-electron chi connectivity index (χ0n) is 7.94. The number of aromatic nitrogens is 2. The number of benzene rings is 1. The summed E-state index contributed by atoms with van der Waals surface area (Å²) < 4.78 is 0. The molecule has 1 heterocycles. The molecular formula is C11H11N3. The maximum atomic E-state index is 5.74. The monoisotopic (exact) mass is 185 g/mol. The quantitative estimate of drug-likeness (QED) is 0.691. The van der Waals surface area contributed by atoms with E-state index in [0.29, 0.717) is 5.82 Å². The normalized spacial score (nSPS) is 10.1. The molecule has 0 fully saturated rings. The summed E-state index contributed by atoms with van der Waals surface area (Å²) in [5.41, 5.74) is 8.56. The van der Waals surface area contributed by atoms with Crippen LogP contribution in [0.1, 0.15) is 5.56 Å². The Morgan fingerprint density at radius 3 is 2.43 bits per heavy atom. The number of nitrogens with zero attached hydrogens (tertiary/aromatic N) is 2. The van der Waals surface area contributed by atoms with Gasteiger partial charge in [0.05, 0.1) is 0 Å². The van der Waals surface area contributed by atoms with E-state index in [9.17, 15) is 0 Å². The Morgan fingerprint density at radius 2 is 1.79 bits per heavy atom. The van der Waals surface area contributed by atoms with E-state index in [1.54, 1.807) is 18.5 Å². The third-order valence-corrected chi connectivity index (χ3v) is 1.92. The van der Waals surface area contributed by atoms with Crippen molar-refractivity contribution in [1.29, 1.82) is 0 Å². The molecule has 0 bridgehead atoms. The summed E-state index contributed by atoms with van der Waals surface area (Å²) in [6.07, 6.45) is 3.45. The second kappa shape index (κ2) is 3.46. The first-order chi connectivity index (χ1) is 6.75. The van der Waals surface area contributed by atoms with Crippen LogP contribution in [0, 0.1) is 6.92 Å². The van der Waals surface area contributed by atoms with Crippen molar-refractivity contribution in [3.8, 4) is 11.4 Å². The Labute approximate surface area is 82.6 Å². The number of aryl methyl sites for hydroxylation is 1. The largest absolute Gasteiger partial charge is 0.399 e. The summed E-state index contributed by atoms with van der Waals surface area (Å²) >= 11 is 0. The molecule has 2 N–H and O–H groups in total. The molecule has 0 radical (unpaired) electrons. The van der Waals surface area contributed by atoms with Gasteiger partial charge in [-0.1, -0.05) is 0 Å². The molecule has 0 unspecified atom stereocenters. The van der Waals surface area contributed by atoms with Crippen LogP contribution in [0.3, 0.4) is 0 Å². The van der Waals surface area contributed by atoms with Crippen LogP contribution in [0.15, 0.2) is 36.7 Å². The molecule has 3 nitrogen and oxygen atoms in total. The molecule has 0 aliphatic heterocycles. The molecule has 0 saturated carbocycles. The molecule has 0 atom stereocenters. The Balaban J connectivity index is 2.52. The van der Waals surface area contributed by atoms with E-state index in [1.807, 2.05) is 25.1 Å². The first-order valence-electron chi connectivity index (χ1n) is 4.40. The van der Waals surface area contributed by atoms with Gasteiger partial charge in [0, 0.05) is 23.6 Å². The molecule has 1 aromatic carbocycles. The fourth-order valence-corrected chi connectivity index (χ4v) is 1.39. The Hall–Kier alpha value is -1.90. The molecule has 0 aliphatic rings. The van der Waals surface area contributed by atoms with Crippen molar-refractivity contribution in [3.63, 3.8) is 0 Å². The van der Waals surface area contributed by atoms with Crippen molar-refractivity contribution in [1.82, 2.24) is 9.97 Å². The van der Waals surface area contributed by atoms with Gasteiger partial charge in [0.2, 0.25) is 0 Å². The minimum Gasteiger partial charge on any atom is -0.399 e. The standard InChI is InChI=1S/C11H11N3/c1-8-5-9(7-10(12)6-8)11-13-3-2-4-14-11/h2-7H,12H2,1H3. The van der Waals surface area contributed by atoms with E-state index in [0.717, 1.165) is 16.8 Å². The zero-order valence-corrected chi connectivity index (χ0v) is 7.94. The van der Waals surface area contributed by atoms with Crippen LogP contribution in [0.4, 0.5) is 5.69 Å². The lowest BCUT2D eigenvalue weighted by Gasteiger charge is -2.02. The van der Waals surface area contributed by atoms with Crippen molar-refractivity contribution < 1.29 is 0 Å². The number of rotatable bonds is 1. The van der Waals surface area contributed by atoms with Gasteiger partial charge >= 0.3 is 0 Å². The maximum Gasteiger partial charge on any atom is 0.159 e. The highest BCUT2D eigenvalue weighted by Crippen LogP contribution is 2.19. The highest BCUT2D eigenvalue weighted by atomic mass is 14.8. The van der Waals surface area contributed by atoms with Gasteiger partial charge in [0.1, 0.15) is 0 Å². The van der Waals surface area contributed by atoms with Gasteiger partial charge in [0.15, 0.2) is 5.82 Å². The minimum atomic E-state index is 0.711. The number of hydrogen-bond donors (Lipinski definition) is 1. The van der Waals surface area contributed by atoms with Crippen molar-refractivity contribution in [2.75, 3.05) is 5.73 Å². The highest BCUT2D eigenvalue weighted by molar-refractivity contribution is 5.62. The van der Waals surface area contributed by atoms with E-state index < -0.39 is 0 Å². The molecule has 1 aromatic heterocycles. The number of hydrogen-bond acceptors (Lipinski definition) is 3. The third-order valence-electron chi connectivity index (χ3n) is 1.92. The summed E-state index contributed by atoms with van der Waals surface area (Å²) in [6.45, 7) is 2.00. The highest BCUT2D eigenvalue weighted by Gasteiger charge is 2.00. The lowest BCUT2D eigenvalue weighted by atomic mass is 10.1. The van der Waals surface area contributed by atoms with Crippen LogP contribution in [-0.4, -0.2) is 9.97 Å². The molecule has 0 aliphatic carbocycles. The predicted molar refractivity (Wildman–Crippen MR) is 56.6 cm³/mol. The summed E-state index contributed by atoms with van der Waals surface area (Å²) in [5.74, 6) is 0.711. The van der Waals surface area contributed by atoms with Crippen LogP contribution >= 0.6 is 0 Å². The molecule has 2 rings (SSSR count). The average molecular weight is 185 g/mol. The van der Waals surface area contributed by atoms with E-state index in [1.165, 1.54) is 0 Å². The molecule has 70 valence electrons. The van der Waals surface area contributed by atoms with Crippen molar-refractivity contribution in [2.24, 2.45) is 0 Å². The second-order valence-corrected chi connectivity index (χ2v) is 3.20. The molecule has 0 saturated heterocycles. The third kappa shape index (κ3) is 1.71. The molecule has 14 heavy (non-hydrogen) atoms. The Kier molecular flexibility index (Phi) is 2.14. The van der Waals surface area contributed by atoms with Gasteiger partial charge in [-0.05, 0) is 36.8 Å². The van der Waals surface area contributed by atoms with Crippen LogP contribution in [0.5, 0.6) is 0 Å². The first kappa shape index (κ1) is 8.69. The summed E-state index contributed by atoms with van der Waals surface area (Å²) in [4.78, 5) is 8.33. The number of anilines is 1. The fourth-order valence-electron chi connectivity index (χ4n) is 1.39. The van der Waals surface area contributed by atoms with Gasteiger partial charge in [-0.15, -0.1) is 0 Å². The lowest BCUT2D eigenvalue weighted by molar-refractivity contribution is 1.17. The predicted octanol–water partition coefficient (Wildman–Crippen LogP) is 2.03. The molecule has 3 heteroatoms. The van der Waals surface area contributed by atoms with E-state index in [2.05, 4.69) is 9.97 Å². The van der Waals surface area contributed by atoms with E-state index >= 15 is 0 Å². The van der Waals surface area contributed by atoms with E-state index in [-0.39, 0.29) is 0 Å². The summed E-state index contributed by atoms with van der Waals surface area (Å²) in [7, 11) is 0. The first-order valence-corrected chi connectivity index (χ1v) is 4.40. The van der Waals surface area contributed by atoms with Crippen LogP contribution < -0.4 is 5.73 Å². The molecular weight excluding hydrogens is 174 g/mol. The van der Waals surface area contributed by atoms with Gasteiger partial charge in [-0.3, -0.25) is 0 Å². The van der Waals surface area contributed by atoms with Crippen LogP contribution in [0.2, 0.25) is 0 Å². The maximum absolute atomic E-state index is 5.74. The van der Waals surface area contributed by atoms with Crippen LogP contribution in [-0.2, 0) is 0 Å². The van der Waals surface area contributed by atoms with Crippen molar-refractivity contribution in [3.05, 3.63) is 42.2 Å². The number of nitrogen functional groups attached to an aromatic ring is 1. The molecule has 0 spiro atoms. The smallest absolute Gasteiger partial charge is 0.159 e. The average Bonchev–Trinajstić information content (AvgIpc) is 2.18. The van der Waals surface area contributed by atoms with Crippen molar-refractivity contribution in [2.45, 2.75) is 6.92 Å². The van der Waals surface area contributed by atoms with Gasteiger partial charge < -0.3 is 5.73 Å². The molecule has 0 amide bonds. The minimum absolute atomic E-state index is 0.711. The Bertz CT molecular complexity index is 417. The fraction of sp³-hybridized carbons (Fsp3) is 0.0909. The lowest BCUT2D eigenvalue weighted by Crippen LogP contribution is -1.91. The van der Waals surface area contributed by atoms with Crippen LogP contribution in [0.25, 0.3) is 11.4 Å². The number of nitrogens with two attached hydrogens (primary N) is 1. The van der Waals surface area contributed by atoms with E-state index in [4.69, 9.17) is 5.73 Å². The van der Waals surface area contributed by atoms with Gasteiger partial charge in [-0.2, -0.15) is 0 Å². The zero-order chi connectivity index (χ0) is 9.97. The molecule has 2 aromatic rings. The second-order valence-electron chi connectivity index (χ2n) is 3.20. The van der Waals surface area contributed by atoms with Gasteiger partial charge in [-0.25, -0.2) is 9.97 Å². The summed E-state index contributed by atoms with van der Waals surface area (Å²) in [6, 6.07) is 7.61. The summed E-state index contributed by atoms with van der Waals surface area (Å²) in [5, 5.41) is 0. The SMILES string of the molecule is Cc1cc(N)cc(-c2ncccn2)c1.